The number of fused-ring (bicyclic) bond motifs is 1. The molecule has 3 heteroatoms. The Balaban J connectivity index is 2.09. The van der Waals surface area contributed by atoms with Crippen molar-refractivity contribution in [1.29, 1.82) is 0 Å². The first-order valence-corrected chi connectivity index (χ1v) is 8.35. The zero-order chi connectivity index (χ0) is 16.0. The summed E-state index contributed by atoms with van der Waals surface area (Å²) >= 11 is 0. The molecule has 22 heavy (non-hydrogen) atoms. The molecule has 0 amide bonds. The van der Waals surface area contributed by atoms with Crippen molar-refractivity contribution in [1.82, 2.24) is 0 Å². The number of rotatable bonds is 3. The van der Waals surface area contributed by atoms with Gasteiger partial charge in [-0.15, -0.1) is 0 Å². The molecule has 0 radical (unpaired) electrons. The minimum Gasteiger partial charge on any atom is -0.393 e. The maximum absolute atomic E-state index is 12.8. The molecule has 0 heterocycles. The highest BCUT2D eigenvalue weighted by Gasteiger charge is 2.54. The monoisotopic (exact) mass is 300 g/mol. The van der Waals surface area contributed by atoms with Gasteiger partial charge in [-0.25, -0.2) is 0 Å². The number of hydrogen-bond donors (Lipinski definition) is 1. The van der Waals surface area contributed by atoms with Crippen LogP contribution in [0.3, 0.4) is 0 Å². The third kappa shape index (κ3) is 2.23. The molecule has 2 fully saturated rings. The van der Waals surface area contributed by atoms with E-state index in [1.165, 1.54) is 5.56 Å². The SMILES string of the molecule is CCc1cc(C)cc(CC)c1C1C(=O)C2CC(O)CC2C1=O. The number of ketones is 2. The van der Waals surface area contributed by atoms with Gasteiger partial charge < -0.3 is 5.11 Å². The van der Waals surface area contributed by atoms with Gasteiger partial charge in [0, 0.05) is 11.8 Å². The summed E-state index contributed by atoms with van der Waals surface area (Å²) in [5, 5.41) is 9.76. The third-order valence-electron chi connectivity index (χ3n) is 5.38. The molecule has 2 atom stereocenters. The second kappa shape index (κ2) is 5.62. The average molecular weight is 300 g/mol. The number of carbonyl (C=O) groups is 2. The molecule has 2 unspecified atom stereocenters. The first-order chi connectivity index (χ1) is 10.5. The molecule has 3 nitrogen and oxygen atoms in total. The second-order valence-corrected chi connectivity index (χ2v) is 6.78. The number of aryl methyl sites for hydroxylation is 3. The van der Waals surface area contributed by atoms with Crippen molar-refractivity contribution < 1.29 is 14.7 Å². The van der Waals surface area contributed by atoms with E-state index in [1.807, 2.05) is 0 Å². The van der Waals surface area contributed by atoms with Crippen LogP contribution in [0, 0.1) is 18.8 Å². The standard InChI is InChI=1S/C19H24O3/c1-4-11-6-10(3)7-12(5-2)16(11)17-18(21)14-8-13(20)9-15(14)19(17)22/h6-7,13-15,17,20H,4-5,8-9H2,1-3H3. The summed E-state index contributed by atoms with van der Waals surface area (Å²) in [6.07, 6.45) is 2.09. The third-order valence-corrected chi connectivity index (χ3v) is 5.38. The van der Waals surface area contributed by atoms with Gasteiger partial charge >= 0.3 is 0 Å². The minimum atomic E-state index is -0.590. The van der Waals surface area contributed by atoms with Crippen LogP contribution >= 0.6 is 0 Å². The number of benzene rings is 1. The molecule has 2 aliphatic rings. The van der Waals surface area contributed by atoms with Crippen LogP contribution in [-0.2, 0) is 22.4 Å². The Morgan fingerprint density at radius 2 is 1.45 bits per heavy atom. The van der Waals surface area contributed by atoms with Crippen LogP contribution in [0.15, 0.2) is 12.1 Å². The fourth-order valence-electron chi connectivity index (χ4n) is 4.40. The summed E-state index contributed by atoms with van der Waals surface area (Å²) < 4.78 is 0. The Hall–Kier alpha value is -1.48. The van der Waals surface area contributed by atoms with Crippen molar-refractivity contribution in [3.05, 3.63) is 34.4 Å². The van der Waals surface area contributed by atoms with Gasteiger partial charge in [0.05, 0.1) is 6.10 Å². The van der Waals surface area contributed by atoms with Crippen molar-refractivity contribution in [3.63, 3.8) is 0 Å². The van der Waals surface area contributed by atoms with Crippen molar-refractivity contribution in [3.8, 4) is 0 Å². The van der Waals surface area contributed by atoms with Gasteiger partial charge in [-0.2, -0.15) is 0 Å². The topological polar surface area (TPSA) is 54.4 Å². The van der Waals surface area contributed by atoms with Gasteiger partial charge in [0.25, 0.3) is 0 Å². The van der Waals surface area contributed by atoms with Gasteiger partial charge in [-0.1, -0.05) is 31.5 Å². The fraction of sp³-hybridized carbons (Fsp3) is 0.579. The van der Waals surface area contributed by atoms with Gasteiger partial charge in [0.1, 0.15) is 5.92 Å². The molecule has 0 saturated heterocycles. The van der Waals surface area contributed by atoms with Crippen molar-refractivity contribution in [2.75, 3.05) is 0 Å². The van der Waals surface area contributed by atoms with Crippen molar-refractivity contribution >= 4 is 11.6 Å². The van der Waals surface area contributed by atoms with E-state index < -0.39 is 12.0 Å². The summed E-state index contributed by atoms with van der Waals surface area (Å²) in [6.45, 7) is 6.21. The number of Topliss-reactive ketones (excluding diaryl/α,β-unsaturated/α-hetero) is 2. The van der Waals surface area contributed by atoms with Crippen molar-refractivity contribution in [2.24, 2.45) is 11.8 Å². The van der Waals surface area contributed by atoms with E-state index in [0.29, 0.717) is 12.8 Å². The summed E-state index contributed by atoms with van der Waals surface area (Å²) in [5.41, 5.74) is 4.41. The van der Waals surface area contributed by atoms with Gasteiger partial charge in [0.15, 0.2) is 11.6 Å². The van der Waals surface area contributed by atoms with E-state index in [4.69, 9.17) is 0 Å². The average Bonchev–Trinajstić information content (AvgIpc) is 2.98. The van der Waals surface area contributed by atoms with Crippen LogP contribution in [0.1, 0.15) is 54.9 Å². The van der Waals surface area contributed by atoms with Crippen LogP contribution in [0.2, 0.25) is 0 Å². The first kappa shape index (κ1) is 15.4. The molecule has 2 aliphatic carbocycles. The predicted molar refractivity (Wildman–Crippen MR) is 84.9 cm³/mol. The Bertz CT molecular complexity index is 583. The molecule has 0 bridgehead atoms. The minimum absolute atomic E-state index is 0.0415. The molecule has 3 rings (SSSR count). The maximum Gasteiger partial charge on any atom is 0.151 e. The lowest BCUT2D eigenvalue weighted by Gasteiger charge is -2.20. The second-order valence-electron chi connectivity index (χ2n) is 6.78. The van der Waals surface area contributed by atoms with E-state index in [0.717, 1.165) is 29.5 Å². The van der Waals surface area contributed by atoms with E-state index in [9.17, 15) is 14.7 Å². The lowest BCUT2D eigenvalue weighted by molar-refractivity contribution is -0.126. The van der Waals surface area contributed by atoms with Gasteiger partial charge in [-0.3, -0.25) is 9.59 Å². The molecule has 2 saturated carbocycles. The first-order valence-electron chi connectivity index (χ1n) is 8.35. The number of aliphatic hydroxyl groups is 1. The lowest BCUT2D eigenvalue weighted by Crippen LogP contribution is -2.21. The van der Waals surface area contributed by atoms with Crippen LogP contribution < -0.4 is 0 Å². The summed E-state index contributed by atoms with van der Waals surface area (Å²) in [6, 6.07) is 4.22. The van der Waals surface area contributed by atoms with Crippen LogP contribution in [0.4, 0.5) is 0 Å². The molecule has 0 spiro atoms. The maximum atomic E-state index is 12.8. The molecule has 0 aromatic heterocycles. The smallest absolute Gasteiger partial charge is 0.151 e. The Morgan fingerprint density at radius 1 is 1.00 bits per heavy atom. The zero-order valence-corrected chi connectivity index (χ0v) is 13.6. The quantitative estimate of drug-likeness (QED) is 0.873. The van der Waals surface area contributed by atoms with Gasteiger partial charge in [0.2, 0.25) is 0 Å². The Labute approximate surface area is 131 Å². The summed E-state index contributed by atoms with van der Waals surface area (Å²) in [5.74, 6) is -1.03. The zero-order valence-electron chi connectivity index (χ0n) is 13.6. The number of carbonyl (C=O) groups excluding carboxylic acids is 2. The van der Waals surface area contributed by atoms with Crippen LogP contribution in [0.25, 0.3) is 0 Å². The fourth-order valence-corrected chi connectivity index (χ4v) is 4.40. The van der Waals surface area contributed by atoms with Gasteiger partial charge in [-0.05, 0) is 49.3 Å². The number of aliphatic hydroxyl groups excluding tert-OH is 1. The molecule has 1 aromatic rings. The van der Waals surface area contributed by atoms with E-state index in [-0.39, 0.29) is 23.4 Å². The lowest BCUT2D eigenvalue weighted by atomic mass is 9.83. The van der Waals surface area contributed by atoms with E-state index in [1.54, 1.807) is 0 Å². The van der Waals surface area contributed by atoms with Crippen LogP contribution in [0.5, 0.6) is 0 Å². The largest absolute Gasteiger partial charge is 0.393 e. The molecule has 118 valence electrons. The molecule has 0 aliphatic heterocycles. The van der Waals surface area contributed by atoms with Crippen molar-refractivity contribution in [2.45, 2.75) is 58.5 Å². The molecule has 1 aromatic carbocycles. The number of hydrogen-bond acceptors (Lipinski definition) is 3. The highest BCUT2D eigenvalue weighted by molar-refractivity contribution is 6.16. The molecular formula is C19H24O3. The summed E-state index contributed by atoms with van der Waals surface area (Å²) in [7, 11) is 0. The molecule has 1 N–H and O–H groups in total. The van der Waals surface area contributed by atoms with E-state index >= 15 is 0 Å². The molecular weight excluding hydrogens is 276 g/mol. The highest BCUT2D eigenvalue weighted by Crippen LogP contribution is 2.47. The summed E-state index contributed by atoms with van der Waals surface area (Å²) in [4.78, 5) is 25.7. The Kier molecular flexibility index (Phi) is 3.94. The Morgan fingerprint density at radius 3 is 1.86 bits per heavy atom. The highest BCUT2D eigenvalue weighted by atomic mass is 16.3. The normalized spacial score (nSPS) is 30.9. The predicted octanol–water partition coefficient (Wildman–Crippen LogP) is 2.74. The van der Waals surface area contributed by atoms with Crippen LogP contribution in [-0.4, -0.2) is 22.8 Å². The van der Waals surface area contributed by atoms with E-state index in [2.05, 4.69) is 32.9 Å².